The summed E-state index contributed by atoms with van der Waals surface area (Å²) >= 11 is 7.55. The third kappa shape index (κ3) is 4.55. The van der Waals surface area contributed by atoms with Crippen molar-refractivity contribution in [3.8, 4) is 0 Å². The molecule has 2 aromatic rings. The molecule has 2 aromatic carbocycles. The molecule has 1 fully saturated rings. The molecular formula is C19H21ClN2O2S. The lowest BCUT2D eigenvalue weighted by Crippen LogP contribution is -2.51. The molecule has 0 aromatic heterocycles. The average Bonchev–Trinajstić information content (AvgIpc) is 2.64. The van der Waals surface area contributed by atoms with E-state index >= 15 is 0 Å². The molecule has 0 unspecified atom stereocenters. The molecule has 0 radical (unpaired) electrons. The van der Waals surface area contributed by atoms with Crippen LogP contribution in [0.25, 0.3) is 0 Å². The fourth-order valence-electron chi connectivity index (χ4n) is 2.88. The number of piperidine rings is 1. The minimum Gasteiger partial charge on any atom is -0.368 e. The normalized spacial score (nSPS) is 16.4. The summed E-state index contributed by atoms with van der Waals surface area (Å²) in [5.74, 6) is -0.0786. The molecule has 1 aliphatic heterocycles. The number of rotatable bonds is 5. The van der Waals surface area contributed by atoms with Crippen molar-refractivity contribution in [3.63, 3.8) is 0 Å². The smallest absolute Gasteiger partial charge is 0.256 e. The monoisotopic (exact) mass is 376 g/mol. The van der Waals surface area contributed by atoms with E-state index in [1.807, 2.05) is 48.5 Å². The first kappa shape index (κ1) is 18.3. The van der Waals surface area contributed by atoms with Crippen LogP contribution in [0.4, 0.5) is 5.69 Å². The minimum atomic E-state index is -0.745. The van der Waals surface area contributed by atoms with Crippen LogP contribution in [-0.2, 0) is 9.53 Å². The van der Waals surface area contributed by atoms with Gasteiger partial charge < -0.3 is 15.4 Å². The lowest BCUT2D eigenvalue weighted by atomic mass is 9.91. The van der Waals surface area contributed by atoms with E-state index in [0.717, 1.165) is 33.6 Å². The second-order valence-electron chi connectivity index (χ2n) is 5.99. The van der Waals surface area contributed by atoms with E-state index in [9.17, 15) is 4.79 Å². The Labute approximate surface area is 157 Å². The number of anilines is 1. The Morgan fingerprint density at radius 2 is 1.88 bits per heavy atom. The van der Waals surface area contributed by atoms with E-state index in [0.29, 0.717) is 12.8 Å². The zero-order valence-corrected chi connectivity index (χ0v) is 15.6. The van der Waals surface area contributed by atoms with Gasteiger partial charge in [-0.05, 0) is 68.4 Å². The molecular weight excluding hydrogens is 356 g/mol. The number of methoxy groups -OCH3 is 1. The maximum Gasteiger partial charge on any atom is 0.256 e. The van der Waals surface area contributed by atoms with E-state index in [2.05, 4.69) is 10.6 Å². The maximum absolute atomic E-state index is 12.7. The second-order valence-corrected chi connectivity index (χ2v) is 7.57. The van der Waals surface area contributed by atoms with Crippen LogP contribution in [0.2, 0.25) is 5.02 Å². The zero-order chi connectivity index (χ0) is 17.7. The number of hydrogen-bond donors (Lipinski definition) is 2. The highest BCUT2D eigenvalue weighted by Gasteiger charge is 2.39. The number of amides is 1. The lowest BCUT2D eigenvalue weighted by molar-refractivity contribution is -0.140. The van der Waals surface area contributed by atoms with Crippen LogP contribution in [0.15, 0.2) is 58.3 Å². The number of halogens is 1. The third-order valence-electron chi connectivity index (χ3n) is 4.36. The molecule has 1 saturated heterocycles. The Morgan fingerprint density at radius 3 is 2.56 bits per heavy atom. The predicted octanol–water partition coefficient (Wildman–Crippen LogP) is 4.20. The van der Waals surface area contributed by atoms with Gasteiger partial charge in [-0.1, -0.05) is 29.4 Å². The number of hydrogen-bond acceptors (Lipinski definition) is 4. The lowest BCUT2D eigenvalue weighted by Gasteiger charge is -2.34. The van der Waals surface area contributed by atoms with Crippen molar-refractivity contribution in [1.82, 2.24) is 5.32 Å². The van der Waals surface area contributed by atoms with Gasteiger partial charge in [-0.15, -0.1) is 0 Å². The highest BCUT2D eigenvalue weighted by atomic mass is 35.5. The van der Waals surface area contributed by atoms with Gasteiger partial charge in [0, 0.05) is 27.6 Å². The van der Waals surface area contributed by atoms with E-state index in [1.165, 1.54) is 0 Å². The van der Waals surface area contributed by atoms with Crippen molar-refractivity contribution in [2.45, 2.75) is 28.2 Å². The molecule has 25 heavy (non-hydrogen) atoms. The van der Waals surface area contributed by atoms with Gasteiger partial charge in [0.15, 0.2) is 0 Å². The summed E-state index contributed by atoms with van der Waals surface area (Å²) < 4.78 is 5.58. The Morgan fingerprint density at radius 1 is 1.16 bits per heavy atom. The molecule has 0 saturated carbocycles. The highest BCUT2D eigenvalue weighted by Crippen LogP contribution is 2.31. The molecule has 4 nitrogen and oxygen atoms in total. The van der Waals surface area contributed by atoms with Gasteiger partial charge >= 0.3 is 0 Å². The number of nitrogens with one attached hydrogen (secondary N) is 2. The molecule has 2 N–H and O–H groups in total. The predicted molar refractivity (Wildman–Crippen MR) is 102 cm³/mol. The van der Waals surface area contributed by atoms with E-state index in [-0.39, 0.29) is 5.91 Å². The van der Waals surface area contributed by atoms with Crippen molar-refractivity contribution in [2.75, 3.05) is 25.5 Å². The summed E-state index contributed by atoms with van der Waals surface area (Å²) in [4.78, 5) is 14.9. The van der Waals surface area contributed by atoms with Crippen molar-refractivity contribution in [2.24, 2.45) is 0 Å². The van der Waals surface area contributed by atoms with Crippen molar-refractivity contribution >= 4 is 35.0 Å². The van der Waals surface area contributed by atoms with Gasteiger partial charge in [-0.3, -0.25) is 4.79 Å². The molecule has 1 amide bonds. The molecule has 6 heteroatoms. The molecule has 0 bridgehead atoms. The van der Waals surface area contributed by atoms with Gasteiger partial charge in [0.1, 0.15) is 5.60 Å². The fourth-order valence-corrected chi connectivity index (χ4v) is 3.88. The summed E-state index contributed by atoms with van der Waals surface area (Å²) in [6.07, 6.45) is 1.35. The quantitative estimate of drug-likeness (QED) is 0.821. The van der Waals surface area contributed by atoms with Crippen LogP contribution in [0.1, 0.15) is 12.8 Å². The first-order chi connectivity index (χ1) is 12.1. The Hall–Kier alpha value is -1.53. The van der Waals surface area contributed by atoms with Crippen LogP contribution in [0, 0.1) is 0 Å². The molecule has 1 heterocycles. The Bertz CT molecular complexity index is 730. The fraction of sp³-hybridized carbons (Fsp3) is 0.316. The zero-order valence-electron chi connectivity index (χ0n) is 14.0. The molecule has 3 rings (SSSR count). The van der Waals surface area contributed by atoms with Crippen LogP contribution < -0.4 is 10.6 Å². The van der Waals surface area contributed by atoms with Crippen LogP contribution >= 0.6 is 23.4 Å². The summed E-state index contributed by atoms with van der Waals surface area (Å²) in [7, 11) is 1.61. The topological polar surface area (TPSA) is 50.4 Å². The van der Waals surface area contributed by atoms with Crippen molar-refractivity contribution in [1.29, 1.82) is 0 Å². The summed E-state index contributed by atoms with van der Waals surface area (Å²) in [5, 5.41) is 6.99. The van der Waals surface area contributed by atoms with Crippen molar-refractivity contribution < 1.29 is 9.53 Å². The molecule has 132 valence electrons. The largest absolute Gasteiger partial charge is 0.368 e. The Kier molecular flexibility index (Phi) is 6.02. The third-order valence-corrected chi connectivity index (χ3v) is 5.61. The van der Waals surface area contributed by atoms with Gasteiger partial charge in [-0.2, -0.15) is 0 Å². The Balaban J connectivity index is 1.70. The van der Waals surface area contributed by atoms with E-state index in [4.69, 9.17) is 16.3 Å². The van der Waals surface area contributed by atoms with Gasteiger partial charge in [0.05, 0.1) is 0 Å². The van der Waals surface area contributed by atoms with Gasteiger partial charge in [0.25, 0.3) is 5.91 Å². The first-order valence-corrected chi connectivity index (χ1v) is 9.42. The van der Waals surface area contributed by atoms with Crippen molar-refractivity contribution in [3.05, 3.63) is 53.6 Å². The molecule has 1 aliphatic rings. The molecule has 0 aliphatic carbocycles. The van der Waals surface area contributed by atoms with Crippen LogP contribution in [-0.4, -0.2) is 31.7 Å². The molecule has 0 spiro atoms. The number of ether oxygens (including phenoxy) is 1. The summed E-state index contributed by atoms with van der Waals surface area (Å²) in [6, 6.07) is 15.5. The standard InChI is InChI=1S/C19H21ClN2O2S/c1-24-19(9-11-21-12-10-19)18(23)22-15-3-2-4-17(13-15)25-16-7-5-14(20)6-8-16/h2-8,13,21H,9-12H2,1H3,(H,22,23). The minimum absolute atomic E-state index is 0.0786. The maximum atomic E-state index is 12.7. The highest BCUT2D eigenvalue weighted by molar-refractivity contribution is 7.99. The van der Waals surface area contributed by atoms with Crippen LogP contribution in [0.5, 0.6) is 0 Å². The van der Waals surface area contributed by atoms with E-state index < -0.39 is 5.60 Å². The second kappa shape index (κ2) is 8.23. The average molecular weight is 377 g/mol. The van der Waals surface area contributed by atoms with Gasteiger partial charge in [-0.25, -0.2) is 0 Å². The number of benzene rings is 2. The SMILES string of the molecule is COC1(C(=O)Nc2cccc(Sc3ccc(Cl)cc3)c2)CCNCC1. The number of carbonyl (C=O) groups excluding carboxylic acids is 1. The van der Waals surface area contributed by atoms with Gasteiger partial charge in [0.2, 0.25) is 0 Å². The first-order valence-electron chi connectivity index (χ1n) is 8.22. The van der Waals surface area contributed by atoms with E-state index in [1.54, 1.807) is 18.9 Å². The summed E-state index contributed by atoms with van der Waals surface area (Å²) in [5.41, 5.74) is 0.0313. The summed E-state index contributed by atoms with van der Waals surface area (Å²) in [6.45, 7) is 1.57. The number of carbonyl (C=O) groups is 1. The molecule has 0 atom stereocenters. The van der Waals surface area contributed by atoms with Crippen LogP contribution in [0.3, 0.4) is 0 Å².